The molecule has 3 rings (SSSR count). The fraction of sp³-hybridized carbons (Fsp3) is 0. The van der Waals surface area contributed by atoms with Gasteiger partial charge < -0.3 is 5.73 Å². The molecule has 0 amide bonds. The number of hydrogen-bond acceptors (Lipinski definition) is 2. The van der Waals surface area contributed by atoms with Crippen molar-refractivity contribution in [3.8, 4) is 23.7 Å². The molecule has 0 atom stereocenters. The third-order valence-electron chi connectivity index (χ3n) is 3.20. The zero-order valence-electron chi connectivity index (χ0n) is 12.5. The summed E-state index contributed by atoms with van der Waals surface area (Å²) in [4.78, 5) is 4.32. The van der Waals surface area contributed by atoms with Crippen LogP contribution in [0.4, 0.5) is 5.69 Å². The van der Waals surface area contributed by atoms with Crippen LogP contribution in [-0.2, 0) is 0 Å². The predicted octanol–water partition coefficient (Wildman–Crippen LogP) is 3.46. The Morgan fingerprint density at radius 2 is 1.35 bits per heavy atom. The first-order chi connectivity index (χ1) is 11.3. The number of nitrogen functional groups attached to an aromatic ring is 1. The molecule has 0 spiro atoms. The van der Waals surface area contributed by atoms with E-state index in [4.69, 9.17) is 5.73 Å². The van der Waals surface area contributed by atoms with Gasteiger partial charge in [0.15, 0.2) is 0 Å². The van der Waals surface area contributed by atoms with Crippen molar-refractivity contribution in [1.29, 1.82) is 0 Å². The Morgan fingerprint density at radius 3 is 2.17 bits per heavy atom. The third kappa shape index (κ3) is 3.79. The molecular formula is C21H14N2. The molecule has 0 aliphatic rings. The van der Waals surface area contributed by atoms with Crippen LogP contribution in [0.3, 0.4) is 0 Å². The van der Waals surface area contributed by atoms with Gasteiger partial charge in [0.05, 0.1) is 5.56 Å². The number of pyridine rings is 1. The second-order valence-electron chi connectivity index (χ2n) is 4.85. The van der Waals surface area contributed by atoms with Gasteiger partial charge in [0.25, 0.3) is 0 Å². The Hall–Kier alpha value is -3.49. The van der Waals surface area contributed by atoms with E-state index in [-0.39, 0.29) is 0 Å². The smallest absolute Gasteiger partial charge is 0.129 e. The highest BCUT2D eigenvalue weighted by Gasteiger charge is 1.97. The lowest BCUT2D eigenvalue weighted by Gasteiger charge is -1.97. The Balaban J connectivity index is 1.94. The maximum Gasteiger partial charge on any atom is 0.129 e. The van der Waals surface area contributed by atoms with Crippen molar-refractivity contribution in [3.63, 3.8) is 0 Å². The van der Waals surface area contributed by atoms with Crippen molar-refractivity contribution >= 4 is 5.69 Å². The van der Waals surface area contributed by atoms with E-state index in [0.29, 0.717) is 11.4 Å². The SMILES string of the molecule is Nc1ccccc1C#Cc1cccnc1C#Cc1ccccc1. The normalized spacial score (nSPS) is 9.22. The largest absolute Gasteiger partial charge is 0.398 e. The Morgan fingerprint density at radius 1 is 0.652 bits per heavy atom. The van der Waals surface area contributed by atoms with Gasteiger partial charge >= 0.3 is 0 Å². The summed E-state index contributed by atoms with van der Waals surface area (Å²) in [5, 5.41) is 0. The second kappa shape index (κ2) is 6.98. The zero-order valence-corrected chi connectivity index (χ0v) is 12.5. The van der Waals surface area contributed by atoms with Gasteiger partial charge in [0, 0.05) is 23.0 Å². The molecule has 3 aromatic rings. The average Bonchev–Trinajstić information content (AvgIpc) is 2.61. The fourth-order valence-corrected chi connectivity index (χ4v) is 2.00. The van der Waals surface area contributed by atoms with Gasteiger partial charge in [-0.15, -0.1) is 0 Å². The van der Waals surface area contributed by atoms with Crippen LogP contribution in [0.5, 0.6) is 0 Å². The third-order valence-corrected chi connectivity index (χ3v) is 3.20. The quantitative estimate of drug-likeness (QED) is 0.509. The monoisotopic (exact) mass is 294 g/mol. The van der Waals surface area contributed by atoms with Crippen LogP contribution in [0.1, 0.15) is 22.4 Å². The Labute approximate surface area is 136 Å². The van der Waals surface area contributed by atoms with Gasteiger partial charge in [-0.2, -0.15) is 0 Å². The van der Waals surface area contributed by atoms with E-state index in [9.17, 15) is 0 Å². The summed E-state index contributed by atoms with van der Waals surface area (Å²) >= 11 is 0. The topological polar surface area (TPSA) is 38.9 Å². The van der Waals surface area contributed by atoms with Crippen LogP contribution in [0.2, 0.25) is 0 Å². The van der Waals surface area contributed by atoms with E-state index >= 15 is 0 Å². The summed E-state index contributed by atoms with van der Waals surface area (Å²) in [6.07, 6.45) is 1.72. The molecule has 0 radical (unpaired) electrons. The van der Waals surface area contributed by atoms with Crippen molar-refractivity contribution in [2.75, 3.05) is 5.73 Å². The molecule has 1 aromatic heterocycles. The lowest BCUT2D eigenvalue weighted by Crippen LogP contribution is -1.90. The number of para-hydroxylation sites is 1. The Kier molecular flexibility index (Phi) is 4.39. The van der Waals surface area contributed by atoms with Crippen molar-refractivity contribution in [2.45, 2.75) is 0 Å². The summed E-state index contributed by atoms with van der Waals surface area (Å²) in [7, 11) is 0. The first-order valence-corrected chi connectivity index (χ1v) is 7.21. The Bertz CT molecular complexity index is 936. The minimum atomic E-state index is 0.665. The summed E-state index contributed by atoms with van der Waals surface area (Å²) in [5.41, 5.74) is 9.79. The highest BCUT2D eigenvalue weighted by molar-refractivity contribution is 5.58. The average molecular weight is 294 g/mol. The summed E-state index contributed by atoms with van der Waals surface area (Å²) < 4.78 is 0. The number of benzene rings is 2. The van der Waals surface area contributed by atoms with E-state index in [0.717, 1.165) is 16.7 Å². The molecule has 0 bridgehead atoms. The molecule has 0 saturated carbocycles. The van der Waals surface area contributed by atoms with E-state index in [1.165, 1.54) is 0 Å². The van der Waals surface area contributed by atoms with Crippen molar-refractivity contribution in [3.05, 3.63) is 95.3 Å². The molecule has 23 heavy (non-hydrogen) atoms. The zero-order chi connectivity index (χ0) is 15.9. The fourth-order valence-electron chi connectivity index (χ4n) is 2.00. The van der Waals surface area contributed by atoms with Crippen LogP contribution in [-0.4, -0.2) is 4.98 Å². The molecule has 0 fully saturated rings. The minimum absolute atomic E-state index is 0.665. The van der Waals surface area contributed by atoms with Crippen LogP contribution in [0.25, 0.3) is 0 Å². The molecule has 2 N–H and O–H groups in total. The maximum atomic E-state index is 5.91. The van der Waals surface area contributed by atoms with Gasteiger partial charge in [-0.3, -0.25) is 0 Å². The second-order valence-corrected chi connectivity index (χ2v) is 4.85. The van der Waals surface area contributed by atoms with E-state index in [2.05, 4.69) is 28.7 Å². The van der Waals surface area contributed by atoms with Crippen molar-refractivity contribution in [1.82, 2.24) is 4.98 Å². The summed E-state index contributed by atoms with van der Waals surface area (Å²) in [6, 6.07) is 21.1. The number of rotatable bonds is 0. The molecule has 2 nitrogen and oxygen atoms in total. The minimum Gasteiger partial charge on any atom is -0.398 e. The molecule has 2 heteroatoms. The molecular weight excluding hydrogens is 280 g/mol. The van der Waals surface area contributed by atoms with Gasteiger partial charge in [-0.25, -0.2) is 4.98 Å². The number of nitrogens with zero attached hydrogens (tertiary/aromatic N) is 1. The number of anilines is 1. The molecule has 0 unspecified atom stereocenters. The van der Waals surface area contributed by atoms with Gasteiger partial charge in [-0.05, 0) is 42.3 Å². The summed E-state index contributed by atoms with van der Waals surface area (Å²) in [5.74, 6) is 12.4. The van der Waals surface area contributed by atoms with E-state index < -0.39 is 0 Å². The maximum absolute atomic E-state index is 5.91. The van der Waals surface area contributed by atoms with Crippen LogP contribution in [0, 0.1) is 23.7 Å². The molecule has 0 saturated heterocycles. The summed E-state index contributed by atoms with van der Waals surface area (Å²) in [6.45, 7) is 0. The molecule has 0 aliphatic carbocycles. The van der Waals surface area contributed by atoms with Crippen molar-refractivity contribution < 1.29 is 0 Å². The van der Waals surface area contributed by atoms with Gasteiger partial charge in [0.1, 0.15) is 5.69 Å². The highest BCUT2D eigenvalue weighted by Crippen LogP contribution is 2.09. The van der Waals surface area contributed by atoms with Crippen LogP contribution < -0.4 is 5.73 Å². The van der Waals surface area contributed by atoms with Gasteiger partial charge in [-0.1, -0.05) is 48.1 Å². The predicted molar refractivity (Wildman–Crippen MR) is 93.5 cm³/mol. The van der Waals surface area contributed by atoms with Gasteiger partial charge in [0.2, 0.25) is 0 Å². The lowest BCUT2D eigenvalue weighted by molar-refractivity contribution is 1.27. The number of aromatic nitrogens is 1. The van der Waals surface area contributed by atoms with E-state index in [1.54, 1.807) is 6.20 Å². The molecule has 1 heterocycles. The first kappa shape index (κ1) is 14.4. The molecule has 108 valence electrons. The van der Waals surface area contributed by atoms with E-state index in [1.807, 2.05) is 66.7 Å². The van der Waals surface area contributed by atoms with Crippen LogP contribution in [0.15, 0.2) is 72.9 Å². The van der Waals surface area contributed by atoms with Crippen LogP contribution >= 0.6 is 0 Å². The highest BCUT2D eigenvalue weighted by atomic mass is 14.7. The molecule has 2 aromatic carbocycles. The molecule has 0 aliphatic heterocycles. The first-order valence-electron chi connectivity index (χ1n) is 7.21. The standard InChI is InChI=1S/C21H14N2/c22-20-11-5-4-9-18(20)13-14-19-10-6-16-23-21(19)15-12-17-7-2-1-3-8-17/h1-11,16H,22H2. The number of hydrogen-bond donors (Lipinski definition) is 1. The number of nitrogens with two attached hydrogens (primary N) is 1. The van der Waals surface area contributed by atoms with Crippen molar-refractivity contribution in [2.24, 2.45) is 0 Å². The lowest BCUT2D eigenvalue weighted by atomic mass is 10.1.